The topological polar surface area (TPSA) is 58.8 Å². The van der Waals surface area contributed by atoms with Crippen LogP contribution in [0.5, 0.6) is 0 Å². The lowest BCUT2D eigenvalue weighted by Gasteiger charge is -2.39. The molecule has 0 aromatic carbocycles. The molecule has 3 N–H and O–H groups in total. The molecule has 0 aliphatic carbocycles. The predicted octanol–water partition coefficient (Wildman–Crippen LogP) is 6.87. The standard InChI is InChI=1S/C20H44N.CHN.H3N/c1-5-9-13-17-21(18-14-10-6-2,19-15-11-7-3)20-16-12-8-4;1-2;/h5-20H2,1-4H3;1H;1H3/q+1;;. The first-order valence-corrected chi connectivity index (χ1v) is 10.4. The van der Waals surface area contributed by atoms with Gasteiger partial charge in [-0.1, -0.05) is 53.4 Å². The zero-order valence-corrected chi connectivity index (χ0v) is 17.5. The summed E-state index contributed by atoms with van der Waals surface area (Å²) in [5, 5.41) is 6.50. The Balaban J connectivity index is -0.00000141. The molecule has 0 rings (SSSR count). The molecule has 0 aliphatic heterocycles. The second-order valence-electron chi connectivity index (χ2n) is 7.06. The van der Waals surface area contributed by atoms with Gasteiger partial charge in [-0.2, -0.15) is 0 Å². The van der Waals surface area contributed by atoms with Gasteiger partial charge >= 0.3 is 0 Å². The molecule has 0 atom stereocenters. The molecule has 0 aromatic rings. The van der Waals surface area contributed by atoms with Crippen LogP contribution in [-0.4, -0.2) is 30.7 Å². The van der Waals surface area contributed by atoms with Crippen molar-refractivity contribution in [1.82, 2.24) is 6.15 Å². The number of nitriles is 1. The molecule has 0 aliphatic rings. The van der Waals surface area contributed by atoms with E-state index in [1.54, 1.807) is 0 Å². The number of quaternary nitrogens is 1. The molecule has 0 radical (unpaired) electrons. The van der Waals surface area contributed by atoms with E-state index in [-0.39, 0.29) is 6.15 Å². The van der Waals surface area contributed by atoms with E-state index in [2.05, 4.69) is 34.3 Å². The Kier molecular flexibility index (Phi) is 26.4. The van der Waals surface area contributed by atoms with Gasteiger partial charge in [0.1, 0.15) is 0 Å². The molecule has 24 heavy (non-hydrogen) atoms. The van der Waals surface area contributed by atoms with E-state index in [1.807, 2.05) is 0 Å². The lowest BCUT2D eigenvalue weighted by atomic mass is 10.1. The molecule has 3 nitrogen and oxygen atoms in total. The normalized spacial score (nSPS) is 10.6. The highest BCUT2D eigenvalue weighted by atomic mass is 15.3. The SMILES string of the molecule is C#N.CCCCC[N+](CCCCC)(CCCCC)CCCCC.N. The lowest BCUT2D eigenvalue weighted by Crippen LogP contribution is -2.50. The number of hydrogen-bond donors (Lipinski definition) is 1. The molecule has 3 heteroatoms. The Morgan fingerprint density at radius 3 is 0.875 bits per heavy atom. The van der Waals surface area contributed by atoms with Crippen LogP contribution in [0, 0.1) is 11.8 Å². The minimum absolute atomic E-state index is 0. The van der Waals surface area contributed by atoms with Gasteiger partial charge in [-0.3, -0.25) is 0 Å². The van der Waals surface area contributed by atoms with Crippen LogP contribution in [0.15, 0.2) is 0 Å². The van der Waals surface area contributed by atoms with Crippen LogP contribution in [0.2, 0.25) is 0 Å². The smallest absolute Gasteiger partial charge is 0.0786 e. The van der Waals surface area contributed by atoms with E-state index < -0.39 is 0 Å². The fourth-order valence-electron chi connectivity index (χ4n) is 3.46. The molecule has 0 bridgehead atoms. The highest BCUT2D eigenvalue weighted by Gasteiger charge is 2.25. The summed E-state index contributed by atoms with van der Waals surface area (Å²) >= 11 is 0. The Labute approximate surface area is 154 Å². The lowest BCUT2D eigenvalue weighted by molar-refractivity contribution is -0.929. The summed E-state index contributed by atoms with van der Waals surface area (Å²) in [7, 11) is 0. The molecular weight excluding hydrogens is 294 g/mol. The van der Waals surface area contributed by atoms with E-state index in [0.717, 1.165) is 0 Å². The number of hydrogen-bond acceptors (Lipinski definition) is 2. The van der Waals surface area contributed by atoms with E-state index in [9.17, 15) is 0 Å². The van der Waals surface area contributed by atoms with Gasteiger partial charge in [0.25, 0.3) is 0 Å². The first-order valence-electron chi connectivity index (χ1n) is 10.4. The van der Waals surface area contributed by atoms with Crippen molar-refractivity contribution in [3.63, 3.8) is 0 Å². The van der Waals surface area contributed by atoms with Gasteiger partial charge in [-0.15, -0.1) is 0 Å². The largest absolute Gasteiger partial charge is 0.344 e. The van der Waals surface area contributed by atoms with Crippen LogP contribution in [0.4, 0.5) is 0 Å². The van der Waals surface area contributed by atoms with Gasteiger partial charge in [-0.05, 0) is 51.4 Å². The maximum absolute atomic E-state index is 6.50. The molecule has 0 amide bonds. The molecule has 0 fully saturated rings. The summed E-state index contributed by atoms with van der Waals surface area (Å²) in [5.41, 5.74) is 0. The average molecular weight is 343 g/mol. The van der Waals surface area contributed by atoms with Crippen LogP contribution in [-0.2, 0) is 0 Å². The first kappa shape index (κ1) is 28.2. The van der Waals surface area contributed by atoms with Gasteiger partial charge in [0.05, 0.1) is 26.2 Å². The quantitative estimate of drug-likeness (QED) is 0.246. The summed E-state index contributed by atoms with van der Waals surface area (Å²) in [6, 6.07) is 0. The zero-order valence-electron chi connectivity index (χ0n) is 17.5. The third kappa shape index (κ3) is 16.3. The Morgan fingerprint density at radius 1 is 0.500 bits per heavy atom. The molecular formula is C21H48N3+. The highest BCUT2D eigenvalue weighted by molar-refractivity contribution is 4.51. The fraction of sp³-hybridized carbons (Fsp3) is 0.952. The Hall–Kier alpha value is -0.590. The fourth-order valence-corrected chi connectivity index (χ4v) is 3.46. The van der Waals surface area contributed by atoms with Crippen LogP contribution < -0.4 is 6.15 Å². The second kappa shape index (κ2) is 22.4. The molecule has 146 valence electrons. The first-order chi connectivity index (χ1) is 11.2. The summed E-state index contributed by atoms with van der Waals surface area (Å²) in [6.07, 6.45) is 16.9. The van der Waals surface area contributed by atoms with E-state index >= 15 is 0 Å². The van der Waals surface area contributed by atoms with E-state index in [1.165, 1.54) is 108 Å². The van der Waals surface area contributed by atoms with Gasteiger partial charge < -0.3 is 10.6 Å². The summed E-state index contributed by atoms with van der Waals surface area (Å²) in [6.45, 7) is 18.6. The van der Waals surface area contributed by atoms with Crippen molar-refractivity contribution < 1.29 is 4.48 Å². The molecule has 0 unspecified atom stereocenters. The van der Waals surface area contributed by atoms with Crippen molar-refractivity contribution in [2.24, 2.45) is 0 Å². The van der Waals surface area contributed by atoms with Gasteiger partial charge in [0.2, 0.25) is 0 Å². The Bertz CT molecular complexity index is 193. The van der Waals surface area contributed by atoms with Crippen molar-refractivity contribution in [2.75, 3.05) is 26.2 Å². The van der Waals surface area contributed by atoms with Crippen molar-refractivity contribution in [1.29, 1.82) is 5.26 Å². The molecule has 0 saturated heterocycles. The number of unbranched alkanes of at least 4 members (excludes halogenated alkanes) is 8. The van der Waals surface area contributed by atoms with Crippen molar-refractivity contribution in [3.05, 3.63) is 0 Å². The minimum atomic E-state index is 0. The van der Waals surface area contributed by atoms with Crippen molar-refractivity contribution in [2.45, 2.75) is 105 Å². The summed E-state index contributed by atoms with van der Waals surface area (Å²) in [5.74, 6) is 0. The van der Waals surface area contributed by atoms with Crippen molar-refractivity contribution >= 4 is 0 Å². The maximum atomic E-state index is 6.50. The summed E-state index contributed by atoms with van der Waals surface area (Å²) in [4.78, 5) is 0. The Morgan fingerprint density at radius 2 is 0.708 bits per heavy atom. The minimum Gasteiger partial charge on any atom is -0.344 e. The van der Waals surface area contributed by atoms with Crippen LogP contribution in [0.25, 0.3) is 0 Å². The van der Waals surface area contributed by atoms with Gasteiger partial charge in [0.15, 0.2) is 0 Å². The van der Waals surface area contributed by atoms with Crippen molar-refractivity contribution in [3.8, 4) is 6.57 Å². The average Bonchev–Trinajstić information content (AvgIpc) is 2.57. The number of rotatable bonds is 16. The van der Waals surface area contributed by atoms with Gasteiger partial charge in [-0.25, -0.2) is 5.26 Å². The third-order valence-electron chi connectivity index (χ3n) is 4.94. The van der Waals surface area contributed by atoms with E-state index in [4.69, 9.17) is 5.26 Å². The number of nitrogens with zero attached hydrogens (tertiary/aromatic N) is 2. The van der Waals surface area contributed by atoms with Crippen LogP contribution >= 0.6 is 0 Å². The van der Waals surface area contributed by atoms with Gasteiger partial charge in [0, 0.05) is 6.57 Å². The predicted molar refractivity (Wildman–Crippen MR) is 110 cm³/mol. The zero-order chi connectivity index (χ0) is 17.8. The van der Waals surface area contributed by atoms with Crippen LogP contribution in [0.3, 0.4) is 0 Å². The molecule has 0 spiro atoms. The van der Waals surface area contributed by atoms with E-state index in [0.29, 0.717) is 0 Å². The third-order valence-corrected chi connectivity index (χ3v) is 4.94. The molecule has 0 saturated carbocycles. The molecule has 0 aromatic heterocycles. The molecule has 0 heterocycles. The van der Waals surface area contributed by atoms with Crippen LogP contribution in [0.1, 0.15) is 105 Å². The second-order valence-corrected chi connectivity index (χ2v) is 7.06. The highest BCUT2D eigenvalue weighted by Crippen LogP contribution is 2.18. The maximum Gasteiger partial charge on any atom is 0.0786 e. The summed E-state index contributed by atoms with van der Waals surface area (Å²) < 4.78 is 1.44. The monoisotopic (exact) mass is 342 g/mol.